The number of guanidine groups is 2. The summed E-state index contributed by atoms with van der Waals surface area (Å²) in [6, 6.07) is 9.84. The molecule has 0 aromatic heterocycles. The number of nitrogens with two attached hydrogens (primary N) is 2. The highest BCUT2D eigenvalue weighted by Gasteiger charge is 2.31. The van der Waals surface area contributed by atoms with Crippen LogP contribution >= 0.6 is 49.6 Å². The van der Waals surface area contributed by atoms with E-state index in [4.69, 9.17) is 22.3 Å². The van der Waals surface area contributed by atoms with Gasteiger partial charge in [0.15, 0.2) is 11.9 Å². The van der Waals surface area contributed by atoms with Gasteiger partial charge in [-0.05, 0) is 74.2 Å². The molecular formula is C30H46Cl4F6N8. The summed E-state index contributed by atoms with van der Waals surface area (Å²) in [6.07, 6.45) is -5.33. The Morgan fingerprint density at radius 3 is 1.10 bits per heavy atom. The second kappa shape index (κ2) is 22.4. The number of hydrogen-bond donors (Lipinski definition) is 4. The third-order valence-corrected chi connectivity index (χ3v) is 7.76. The molecule has 276 valence electrons. The number of piperazine rings is 1. The van der Waals surface area contributed by atoms with Crippen molar-refractivity contribution in [1.29, 1.82) is 10.8 Å². The molecule has 0 spiro atoms. The van der Waals surface area contributed by atoms with Gasteiger partial charge in [0, 0.05) is 52.4 Å². The van der Waals surface area contributed by atoms with E-state index in [0.717, 1.165) is 89.2 Å². The van der Waals surface area contributed by atoms with E-state index in [0.29, 0.717) is 24.2 Å². The highest BCUT2D eigenvalue weighted by molar-refractivity contribution is 5.86. The lowest BCUT2D eigenvalue weighted by molar-refractivity contribution is -0.138. The maximum Gasteiger partial charge on any atom is 0.416 e. The third-order valence-electron chi connectivity index (χ3n) is 7.76. The van der Waals surface area contributed by atoms with Crippen LogP contribution in [0.4, 0.5) is 26.3 Å². The van der Waals surface area contributed by atoms with Gasteiger partial charge in [-0.2, -0.15) is 26.3 Å². The molecule has 0 radical (unpaired) electrons. The first kappa shape index (κ1) is 47.8. The van der Waals surface area contributed by atoms with Crippen LogP contribution in [-0.2, 0) is 25.4 Å². The summed E-state index contributed by atoms with van der Waals surface area (Å²) in [7, 11) is 0. The van der Waals surface area contributed by atoms with Crippen molar-refractivity contribution in [3.05, 3.63) is 70.8 Å². The Morgan fingerprint density at radius 1 is 0.562 bits per heavy atom. The van der Waals surface area contributed by atoms with Gasteiger partial charge in [0.1, 0.15) is 0 Å². The van der Waals surface area contributed by atoms with Crippen LogP contribution in [0.5, 0.6) is 0 Å². The molecule has 48 heavy (non-hydrogen) atoms. The summed E-state index contributed by atoms with van der Waals surface area (Å²) >= 11 is 0. The Kier molecular flexibility index (Phi) is 22.3. The second-order valence-electron chi connectivity index (χ2n) is 11.1. The summed E-state index contributed by atoms with van der Waals surface area (Å²) in [6.45, 7) is 7.25. The smallest absolute Gasteiger partial charge is 0.370 e. The van der Waals surface area contributed by atoms with E-state index in [2.05, 4.69) is 9.80 Å². The molecule has 1 heterocycles. The van der Waals surface area contributed by atoms with Crippen LogP contribution in [0.2, 0.25) is 0 Å². The molecule has 0 saturated carbocycles. The van der Waals surface area contributed by atoms with Crippen molar-refractivity contribution in [2.24, 2.45) is 11.5 Å². The molecule has 2 aromatic carbocycles. The maximum atomic E-state index is 12.8. The maximum absolute atomic E-state index is 12.8. The highest BCUT2D eigenvalue weighted by Crippen LogP contribution is 2.30. The first-order valence-electron chi connectivity index (χ1n) is 14.7. The minimum absolute atomic E-state index is 0. The van der Waals surface area contributed by atoms with E-state index in [-0.39, 0.29) is 74.6 Å². The minimum atomic E-state index is -4.38. The average Bonchev–Trinajstić information content (AvgIpc) is 2.96. The first-order valence-corrected chi connectivity index (χ1v) is 14.7. The van der Waals surface area contributed by atoms with Crippen molar-refractivity contribution in [2.75, 3.05) is 52.4 Å². The molecular weight excluding hydrogens is 728 g/mol. The number of halogens is 10. The van der Waals surface area contributed by atoms with Gasteiger partial charge in [0.05, 0.1) is 11.1 Å². The molecule has 8 nitrogen and oxygen atoms in total. The molecule has 18 heteroatoms. The van der Waals surface area contributed by atoms with Gasteiger partial charge in [-0.25, -0.2) is 0 Å². The second-order valence-corrected chi connectivity index (χ2v) is 11.1. The van der Waals surface area contributed by atoms with Crippen molar-refractivity contribution < 1.29 is 26.3 Å². The number of nitrogens with one attached hydrogen (secondary N) is 2. The van der Waals surface area contributed by atoms with Crippen LogP contribution in [-0.4, -0.2) is 83.9 Å². The Morgan fingerprint density at radius 2 is 0.854 bits per heavy atom. The predicted octanol–water partition coefficient (Wildman–Crippen LogP) is 6.68. The van der Waals surface area contributed by atoms with Gasteiger partial charge in [-0.1, -0.05) is 24.3 Å². The van der Waals surface area contributed by atoms with E-state index in [1.807, 2.05) is 0 Å². The molecule has 0 unspecified atom stereocenters. The van der Waals surface area contributed by atoms with Crippen molar-refractivity contribution >= 4 is 61.5 Å². The fourth-order valence-electron chi connectivity index (χ4n) is 5.12. The Balaban J connectivity index is 0. The van der Waals surface area contributed by atoms with Crippen molar-refractivity contribution in [3.8, 4) is 0 Å². The van der Waals surface area contributed by atoms with Crippen molar-refractivity contribution in [1.82, 2.24) is 19.6 Å². The van der Waals surface area contributed by atoms with Gasteiger partial charge in [-0.3, -0.25) is 10.8 Å². The summed E-state index contributed by atoms with van der Waals surface area (Å²) < 4.78 is 76.8. The molecule has 0 bridgehead atoms. The van der Waals surface area contributed by atoms with Crippen LogP contribution in [0, 0.1) is 10.8 Å². The van der Waals surface area contributed by atoms with Crippen LogP contribution in [0.3, 0.4) is 0 Å². The Bertz CT molecular complexity index is 1100. The SMILES string of the molecule is Cl.Cl.Cl.Cl.N=C(N)N(CCCCN1CCN(CCCCN(Cc2ccc(C(F)(F)F)cc2)C(=N)N)CC1)Cc1ccc(C(F)(F)F)cc1. The predicted molar refractivity (Wildman–Crippen MR) is 188 cm³/mol. The highest BCUT2D eigenvalue weighted by atomic mass is 35.5. The first-order chi connectivity index (χ1) is 20.7. The van der Waals surface area contributed by atoms with Gasteiger partial charge in [0.25, 0.3) is 0 Å². The van der Waals surface area contributed by atoms with E-state index >= 15 is 0 Å². The van der Waals surface area contributed by atoms with E-state index in [1.54, 1.807) is 9.80 Å². The molecule has 3 rings (SSSR count). The lowest BCUT2D eigenvalue weighted by Crippen LogP contribution is -2.47. The summed E-state index contributed by atoms with van der Waals surface area (Å²) in [5.74, 6) is -0.214. The molecule has 0 atom stereocenters. The summed E-state index contributed by atoms with van der Waals surface area (Å²) in [5.41, 5.74) is 11.4. The van der Waals surface area contributed by atoms with Crippen molar-refractivity contribution in [2.45, 2.75) is 51.1 Å². The number of rotatable bonds is 14. The Hall–Kier alpha value is -2.36. The summed E-state index contributed by atoms with van der Waals surface area (Å²) in [5, 5.41) is 15.7. The van der Waals surface area contributed by atoms with Gasteiger partial charge in [0.2, 0.25) is 0 Å². The largest absolute Gasteiger partial charge is 0.416 e. The minimum Gasteiger partial charge on any atom is -0.370 e. The fourth-order valence-corrected chi connectivity index (χ4v) is 5.12. The Labute approximate surface area is 303 Å². The van der Waals surface area contributed by atoms with E-state index in [1.165, 1.54) is 24.3 Å². The van der Waals surface area contributed by atoms with Crippen LogP contribution in [0.1, 0.15) is 47.9 Å². The monoisotopic (exact) mass is 772 g/mol. The standard InChI is InChI=1S/C30H42F6N8.4ClH/c31-29(32,33)25-9-5-23(6-10-25)21-43(27(37)38)15-3-1-13-41-17-19-42(20-18-41)14-2-4-16-44(28(39)40)22-24-7-11-26(12-8-24)30(34,35)36;;;;/h5-12H,1-4,13-22H2,(H3,37,38)(H3,39,40);4*1H. The molecule has 1 aliphatic heterocycles. The number of hydrogen-bond acceptors (Lipinski definition) is 4. The molecule has 1 aliphatic rings. The third kappa shape index (κ3) is 16.4. The molecule has 0 amide bonds. The van der Waals surface area contributed by atoms with Gasteiger partial charge >= 0.3 is 12.4 Å². The topological polar surface area (TPSA) is 113 Å². The van der Waals surface area contributed by atoms with Gasteiger partial charge < -0.3 is 31.1 Å². The quantitative estimate of drug-likeness (QED) is 0.0738. The molecule has 6 N–H and O–H groups in total. The molecule has 1 saturated heterocycles. The number of benzene rings is 2. The lowest BCUT2D eigenvalue weighted by Gasteiger charge is -2.35. The number of unbranched alkanes of at least 4 members (excludes halogenated alkanes) is 2. The molecule has 1 fully saturated rings. The average molecular weight is 775 g/mol. The van der Waals surface area contributed by atoms with Crippen LogP contribution < -0.4 is 11.5 Å². The zero-order valence-corrected chi connectivity index (χ0v) is 29.6. The number of nitrogens with zero attached hydrogens (tertiary/aromatic N) is 4. The van der Waals surface area contributed by atoms with Gasteiger partial charge in [-0.15, -0.1) is 49.6 Å². The van der Waals surface area contributed by atoms with Crippen LogP contribution in [0.15, 0.2) is 48.5 Å². The lowest BCUT2D eigenvalue weighted by atomic mass is 10.1. The zero-order chi connectivity index (χ0) is 32.3. The van der Waals surface area contributed by atoms with Crippen LogP contribution in [0.25, 0.3) is 0 Å². The molecule has 2 aromatic rings. The zero-order valence-electron chi connectivity index (χ0n) is 26.4. The molecule has 0 aliphatic carbocycles. The van der Waals surface area contributed by atoms with Crippen molar-refractivity contribution in [3.63, 3.8) is 0 Å². The summed E-state index contributed by atoms with van der Waals surface area (Å²) in [4.78, 5) is 8.12. The van der Waals surface area contributed by atoms with E-state index < -0.39 is 23.5 Å². The number of alkyl halides is 6. The normalized spacial score (nSPS) is 13.6. The van der Waals surface area contributed by atoms with E-state index in [9.17, 15) is 26.3 Å². The fraction of sp³-hybridized carbons (Fsp3) is 0.533.